The summed E-state index contributed by atoms with van der Waals surface area (Å²) in [5.74, 6) is 0. The van der Waals surface area contributed by atoms with Gasteiger partial charge in [-0.05, 0) is 0 Å². The summed E-state index contributed by atoms with van der Waals surface area (Å²) in [4.78, 5) is 2.63. The normalized spacial score (nSPS) is 13.3. The molecule has 62 valence electrons. The Balaban J connectivity index is 2.91. The zero-order valence-electron chi connectivity index (χ0n) is 5.95. The molecule has 1 N–H and O–H groups in total. The molecule has 1 aromatic carbocycles. The second kappa shape index (κ2) is 4.18. The van der Waals surface area contributed by atoms with Gasteiger partial charge in [-0.3, -0.25) is 0 Å². The zero-order chi connectivity index (χ0) is 8.27. The van der Waals surface area contributed by atoms with Gasteiger partial charge in [-0.2, -0.15) is 0 Å². The number of alkyl halides is 1. The minimum absolute atomic E-state index is 0.0961. The molecule has 1 rings (SSSR count). The number of halogens is 1. The van der Waals surface area contributed by atoms with Gasteiger partial charge >= 0.3 is 78.7 Å². The molecule has 0 fully saturated rings. The predicted molar refractivity (Wildman–Crippen MR) is 40.1 cm³/mol. The van der Waals surface area contributed by atoms with Crippen molar-refractivity contribution in [3.05, 3.63) is 27.8 Å². The van der Waals surface area contributed by atoms with Gasteiger partial charge in [0, 0.05) is 0 Å². The van der Waals surface area contributed by atoms with Gasteiger partial charge < -0.3 is 0 Å². The van der Waals surface area contributed by atoms with Crippen molar-refractivity contribution in [2.45, 2.75) is 4.90 Å². The van der Waals surface area contributed by atoms with E-state index in [-0.39, 0.29) is 21.2 Å². The molecule has 0 saturated heterocycles. The maximum absolute atomic E-state index is 10.5. The van der Waals surface area contributed by atoms with Gasteiger partial charge in [0.05, 0.1) is 0 Å². The summed E-state index contributed by atoms with van der Waals surface area (Å²) in [5, 5.41) is 0. The van der Waals surface area contributed by atoms with Crippen molar-refractivity contribution in [2.24, 2.45) is 0 Å². The molecule has 0 heterocycles. The predicted octanol–water partition coefficient (Wildman–Crippen LogP) is -1.84. The average molecular weight is 283 g/mol. The minimum atomic E-state index is -1.83. The molecule has 0 aliphatic heterocycles. The van der Waals surface area contributed by atoms with E-state index in [1.807, 2.05) is 12.1 Å². The Morgan fingerprint density at radius 2 is 1.91 bits per heavy atom. The number of hydrogen-bond acceptors (Lipinski definition) is 1. The van der Waals surface area contributed by atoms with Crippen LogP contribution in [0.5, 0.6) is 0 Å². The molecule has 2 nitrogen and oxygen atoms in total. The molecule has 0 aromatic heterocycles. The van der Waals surface area contributed by atoms with Crippen molar-refractivity contribution in [3.63, 3.8) is 0 Å². The first kappa shape index (κ1) is 9.15. The first-order valence-corrected chi connectivity index (χ1v) is 7.28. The Morgan fingerprint density at radius 1 is 1.36 bits per heavy atom. The Hall–Kier alpha value is 0.0600. The van der Waals surface area contributed by atoms with Crippen molar-refractivity contribution >= 4 is 11.1 Å². The van der Waals surface area contributed by atoms with Gasteiger partial charge in [-0.15, -0.1) is 0 Å². The Bertz CT molecular complexity index is 258. The van der Waals surface area contributed by atoms with Crippen LogP contribution in [0.3, 0.4) is 0 Å². The van der Waals surface area contributed by atoms with E-state index in [4.69, 9.17) is 4.55 Å². The third-order valence-electron chi connectivity index (χ3n) is 1.23. The fourth-order valence-electron chi connectivity index (χ4n) is 0.677. The van der Waals surface area contributed by atoms with Gasteiger partial charge in [0.1, 0.15) is 0 Å². The van der Waals surface area contributed by atoms with Crippen LogP contribution in [-0.4, -0.2) is 13.7 Å². The van der Waals surface area contributed by atoms with E-state index in [0.29, 0.717) is 4.90 Å². The van der Waals surface area contributed by atoms with Crippen LogP contribution in [0, 0.1) is 3.57 Å². The maximum atomic E-state index is 10.5. The number of rotatable bonds is 2. The molecule has 1 unspecified atom stereocenters. The van der Waals surface area contributed by atoms with Crippen LogP contribution in [0.4, 0.5) is 0 Å². The Morgan fingerprint density at radius 3 is 2.27 bits per heavy atom. The third kappa shape index (κ3) is 2.53. The molecule has 4 heteroatoms. The molecule has 0 bridgehead atoms. The van der Waals surface area contributed by atoms with E-state index in [0.717, 1.165) is 0 Å². The standard InChI is InChI=1S/C7H8IO2S/c1-8-6-2-4-7(5-3-6)11(9)10/h2-5H,1H3,(H,9,10)/q-1. The van der Waals surface area contributed by atoms with E-state index in [1.165, 1.54) is 3.57 Å². The molecular weight excluding hydrogens is 275 g/mol. The van der Waals surface area contributed by atoms with E-state index < -0.39 is 11.1 Å². The Labute approximate surface area is 78.6 Å². The summed E-state index contributed by atoms with van der Waals surface area (Å²) in [6, 6.07) is 7.23. The molecule has 0 saturated carbocycles. The first-order valence-electron chi connectivity index (χ1n) is 2.94. The molecule has 1 aromatic rings. The molecule has 11 heavy (non-hydrogen) atoms. The molecule has 1 atom stereocenters. The van der Waals surface area contributed by atoms with Crippen LogP contribution >= 0.6 is 0 Å². The van der Waals surface area contributed by atoms with Gasteiger partial charge in [0.25, 0.3) is 0 Å². The van der Waals surface area contributed by atoms with Crippen LogP contribution in [-0.2, 0) is 11.1 Å². The summed E-state index contributed by atoms with van der Waals surface area (Å²) in [5.41, 5.74) is 0. The summed E-state index contributed by atoms with van der Waals surface area (Å²) < 4.78 is 20.5. The first-order chi connectivity index (χ1) is 5.24. The average Bonchev–Trinajstić information content (AvgIpc) is 2.05. The van der Waals surface area contributed by atoms with Gasteiger partial charge in [0.15, 0.2) is 0 Å². The second-order valence-electron chi connectivity index (χ2n) is 1.89. The van der Waals surface area contributed by atoms with Crippen molar-refractivity contribution < 1.29 is 30.0 Å². The monoisotopic (exact) mass is 283 g/mol. The fourth-order valence-corrected chi connectivity index (χ4v) is 2.12. The number of benzene rings is 1. The molecule has 0 aliphatic rings. The van der Waals surface area contributed by atoms with Crippen LogP contribution < -0.4 is 21.2 Å². The molecule has 0 radical (unpaired) electrons. The van der Waals surface area contributed by atoms with Gasteiger partial charge in [-0.25, -0.2) is 0 Å². The topological polar surface area (TPSA) is 37.3 Å². The van der Waals surface area contributed by atoms with Crippen molar-refractivity contribution in [3.8, 4) is 0 Å². The van der Waals surface area contributed by atoms with Gasteiger partial charge in [0.2, 0.25) is 0 Å². The van der Waals surface area contributed by atoms with Crippen molar-refractivity contribution in [1.29, 1.82) is 0 Å². The SMILES string of the molecule is C[I-]c1ccc(S(=O)O)cc1. The summed E-state index contributed by atoms with van der Waals surface area (Å²) >= 11 is -1.73. The summed E-state index contributed by atoms with van der Waals surface area (Å²) in [6.07, 6.45) is 0. The molecular formula is C7H8IO2S-. The Kier molecular flexibility index (Phi) is 3.47. The van der Waals surface area contributed by atoms with E-state index >= 15 is 0 Å². The summed E-state index contributed by atoms with van der Waals surface area (Å²) in [6.45, 7) is 0. The molecule has 0 aliphatic carbocycles. The van der Waals surface area contributed by atoms with E-state index in [1.54, 1.807) is 12.1 Å². The van der Waals surface area contributed by atoms with Crippen molar-refractivity contribution in [1.82, 2.24) is 0 Å². The van der Waals surface area contributed by atoms with Crippen molar-refractivity contribution in [2.75, 3.05) is 4.93 Å². The fraction of sp³-hybridized carbons (Fsp3) is 0.143. The quantitative estimate of drug-likeness (QED) is 0.393. The third-order valence-corrected chi connectivity index (χ3v) is 3.87. The van der Waals surface area contributed by atoms with Crippen LogP contribution in [0.15, 0.2) is 29.2 Å². The molecule has 0 amide bonds. The van der Waals surface area contributed by atoms with Crippen LogP contribution in [0.25, 0.3) is 0 Å². The summed E-state index contributed by atoms with van der Waals surface area (Å²) in [7, 11) is 0. The number of hydrogen-bond donors (Lipinski definition) is 1. The molecule has 0 spiro atoms. The van der Waals surface area contributed by atoms with E-state index in [9.17, 15) is 4.21 Å². The van der Waals surface area contributed by atoms with Crippen LogP contribution in [0.2, 0.25) is 0 Å². The van der Waals surface area contributed by atoms with Crippen LogP contribution in [0.1, 0.15) is 0 Å². The van der Waals surface area contributed by atoms with Gasteiger partial charge in [-0.1, -0.05) is 0 Å². The second-order valence-corrected chi connectivity index (χ2v) is 5.19. The van der Waals surface area contributed by atoms with E-state index in [2.05, 4.69) is 4.93 Å². The zero-order valence-corrected chi connectivity index (χ0v) is 8.93.